The molecule has 1 aromatic carbocycles. The molecule has 2 unspecified atom stereocenters. The van der Waals surface area contributed by atoms with Crippen LogP contribution in [0.1, 0.15) is 25.0 Å². The first-order valence-corrected chi connectivity index (χ1v) is 10.7. The monoisotopic (exact) mass is 500 g/mol. The fourth-order valence-electron chi connectivity index (χ4n) is 3.34. The van der Waals surface area contributed by atoms with Gasteiger partial charge in [0, 0.05) is 19.3 Å². The van der Waals surface area contributed by atoms with E-state index in [1.165, 1.54) is 13.3 Å². The molecule has 1 amide bonds. The number of pyridine rings is 1. The van der Waals surface area contributed by atoms with Gasteiger partial charge < -0.3 is 19.1 Å². The van der Waals surface area contributed by atoms with Gasteiger partial charge in [0.1, 0.15) is 0 Å². The van der Waals surface area contributed by atoms with Crippen LogP contribution < -0.4 is 14.9 Å². The van der Waals surface area contributed by atoms with Crippen molar-refractivity contribution in [3.8, 4) is 11.5 Å². The number of ether oxygens (including phenoxy) is 3. The smallest absolute Gasteiger partial charge is 0.417 e. The molecular weight excluding hydrogens is 477 g/mol. The van der Waals surface area contributed by atoms with Gasteiger partial charge in [0.25, 0.3) is 5.91 Å². The van der Waals surface area contributed by atoms with Gasteiger partial charge in [-0.25, -0.2) is 4.98 Å². The van der Waals surface area contributed by atoms with Crippen LogP contribution in [-0.4, -0.2) is 61.0 Å². The molecule has 2 aromatic rings. The van der Waals surface area contributed by atoms with Crippen molar-refractivity contribution >= 4 is 29.5 Å². The average Bonchev–Trinajstić information content (AvgIpc) is 2.77. The number of hydrogen-bond acceptors (Lipinski definition) is 7. The number of morpholine rings is 1. The number of carbonyl (C=O) groups excluding carboxylic acids is 1. The summed E-state index contributed by atoms with van der Waals surface area (Å²) in [5.74, 6) is 0.580. The molecule has 1 fully saturated rings. The Morgan fingerprint density at radius 1 is 1.29 bits per heavy atom. The molecule has 0 spiro atoms. The van der Waals surface area contributed by atoms with Crippen molar-refractivity contribution in [3.63, 3.8) is 0 Å². The zero-order chi connectivity index (χ0) is 24.9. The van der Waals surface area contributed by atoms with Crippen LogP contribution in [-0.2, 0) is 15.7 Å². The molecule has 1 aliphatic heterocycles. The van der Waals surface area contributed by atoms with Gasteiger partial charge in [0.05, 0.1) is 36.1 Å². The summed E-state index contributed by atoms with van der Waals surface area (Å²) in [4.78, 5) is 17.9. The van der Waals surface area contributed by atoms with Crippen molar-refractivity contribution in [1.29, 1.82) is 0 Å². The molecular formula is C22H24ClF3N4O4. The third-order valence-electron chi connectivity index (χ3n) is 4.86. The Kier molecular flexibility index (Phi) is 8.21. The number of hydrogen-bond donors (Lipinski definition) is 1. The molecule has 1 N–H and O–H groups in total. The summed E-state index contributed by atoms with van der Waals surface area (Å²) in [6, 6.07) is 5.70. The van der Waals surface area contributed by atoms with E-state index in [0.29, 0.717) is 36.3 Å². The van der Waals surface area contributed by atoms with Crippen LogP contribution in [0.15, 0.2) is 35.6 Å². The van der Waals surface area contributed by atoms with Crippen LogP contribution in [0.2, 0.25) is 5.02 Å². The van der Waals surface area contributed by atoms with Crippen LogP contribution >= 0.6 is 11.6 Å². The zero-order valence-corrected chi connectivity index (χ0v) is 19.5. The molecule has 1 aromatic heterocycles. The molecule has 184 valence electrons. The number of aromatic nitrogens is 1. The Morgan fingerprint density at radius 2 is 2.00 bits per heavy atom. The quantitative estimate of drug-likeness (QED) is 0.452. The van der Waals surface area contributed by atoms with Gasteiger partial charge in [0.2, 0.25) is 0 Å². The first-order chi connectivity index (χ1) is 16.1. The third kappa shape index (κ3) is 6.73. The van der Waals surface area contributed by atoms with E-state index in [1.807, 2.05) is 13.8 Å². The van der Waals surface area contributed by atoms with Crippen LogP contribution in [0.4, 0.5) is 19.0 Å². The molecule has 8 nitrogen and oxygen atoms in total. The maximum atomic E-state index is 12.7. The summed E-state index contributed by atoms with van der Waals surface area (Å²) in [6.07, 6.45) is -2.55. The number of alkyl halides is 3. The topological polar surface area (TPSA) is 85.3 Å². The van der Waals surface area contributed by atoms with Gasteiger partial charge in [0.15, 0.2) is 23.9 Å². The Labute approximate surface area is 199 Å². The van der Waals surface area contributed by atoms with E-state index < -0.39 is 11.7 Å². The molecule has 12 heteroatoms. The van der Waals surface area contributed by atoms with Crippen molar-refractivity contribution < 1.29 is 32.2 Å². The van der Waals surface area contributed by atoms with E-state index in [1.54, 1.807) is 23.1 Å². The SMILES string of the molecule is COc1cc(/C=N/Nc2ncc(C(F)(F)F)cc2Cl)ccc1OCC(=O)N1CC(C)OC(C)C1. The Hall–Kier alpha value is -3.05. The maximum Gasteiger partial charge on any atom is 0.417 e. The van der Waals surface area contributed by atoms with Gasteiger partial charge in [-0.1, -0.05) is 11.6 Å². The minimum Gasteiger partial charge on any atom is -0.493 e. The third-order valence-corrected chi connectivity index (χ3v) is 5.15. The first-order valence-electron chi connectivity index (χ1n) is 10.3. The van der Waals surface area contributed by atoms with Gasteiger partial charge >= 0.3 is 6.18 Å². The molecule has 0 aliphatic carbocycles. The average molecular weight is 501 g/mol. The van der Waals surface area contributed by atoms with Crippen molar-refractivity contribution in [2.45, 2.75) is 32.2 Å². The highest BCUT2D eigenvalue weighted by Gasteiger charge is 2.31. The highest BCUT2D eigenvalue weighted by molar-refractivity contribution is 6.32. The number of nitrogens with one attached hydrogen (secondary N) is 1. The summed E-state index contributed by atoms with van der Waals surface area (Å²) < 4.78 is 54.7. The van der Waals surface area contributed by atoms with Crippen LogP contribution in [0, 0.1) is 0 Å². The van der Waals surface area contributed by atoms with Crippen molar-refractivity contribution in [2.75, 3.05) is 32.2 Å². The highest BCUT2D eigenvalue weighted by atomic mass is 35.5. The number of carbonyl (C=O) groups is 1. The van der Waals surface area contributed by atoms with Gasteiger partial charge in [-0.15, -0.1) is 0 Å². The molecule has 0 saturated carbocycles. The summed E-state index contributed by atoms with van der Waals surface area (Å²) in [5.41, 5.74) is 2.15. The summed E-state index contributed by atoms with van der Waals surface area (Å²) in [7, 11) is 1.46. The lowest BCUT2D eigenvalue weighted by Gasteiger charge is -2.35. The maximum absolute atomic E-state index is 12.7. The molecule has 1 aliphatic rings. The summed E-state index contributed by atoms with van der Waals surface area (Å²) in [5, 5.41) is 3.73. The first kappa shape index (κ1) is 25.6. The van der Waals surface area contributed by atoms with E-state index in [2.05, 4.69) is 15.5 Å². The second-order valence-electron chi connectivity index (χ2n) is 7.68. The fraction of sp³-hybridized carbons (Fsp3) is 0.409. The summed E-state index contributed by atoms with van der Waals surface area (Å²) >= 11 is 5.84. The lowest BCUT2D eigenvalue weighted by Crippen LogP contribution is -2.49. The molecule has 0 radical (unpaired) electrons. The lowest BCUT2D eigenvalue weighted by molar-refractivity contribution is -0.145. The predicted molar refractivity (Wildman–Crippen MR) is 121 cm³/mol. The number of rotatable bonds is 7. The minimum atomic E-state index is -4.54. The number of methoxy groups -OCH3 is 1. The number of benzene rings is 1. The fourth-order valence-corrected chi connectivity index (χ4v) is 3.55. The van der Waals surface area contributed by atoms with Crippen LogP contribution in [0.25, 0.3) is 0 Å². The Morgan fingerprint density at radius 3 is 2.62 bits per heavy atom. The molecule has 34 heavy (non-hydrogen) atoms. The predicted octanol–water partition coefficient (Wildman–Crippen LogP) is 4.22. The number of anilines is 1. The lowest BCUT2D eigenvalue weighted by atomic mass is 10.2. The minimum absolute atomic E-state index is 0.0249. The number of nitrogens with zero attached hydrogens (tertiary/aromatic N) is 3. The second kappa shape index (κ2) is 10.9. The Balaban J connectivity index is 1.60. The number of halogens is 4. The molecule has 1 saturated heterocycles. The number of hydrazone groups is 1. The largest absolute Gasteiger partial charge is 0.493 e. The molecule has 3 rings (SSSR count). The van der Waals surface area contributed by atoms with Gasteiger partial charge in [-0.05, 0) is 43.7 Å². The van der Waals surface area contributed by atoms with Gasteiger partial charge in [-0.2, -0.15) is 18.3 Å². The van der Waals surface area contributed by atoms with E-state index in [0.717, 1.165) is 6.07 Å². The molecule has 2 heterocycles. The zero-order valence-electron chi connectivity index (χ0n) is 18.7. The normalized spacial score (nSPS) is 18.7. The standard InChI is InChI=1S/C22H24ClF3N4O4/c1-13-10-30(11-14(2)34-13)20(31)12-33-18-5-4-15(6-19(18)32-3)8-28-29-21-17(23)7-16(9-27-21)22(24,25)26/h4-9,13-14H,10-12H2,1-3H3,(H,27,29)/b28-8+. The van der Waals surface area contributed by atoms with E-state index >= 15 is 0 Å². The van der Waals surface area contributed by atoms with Crippen LogP contribution in [0.5, 0.6) is 11.5 Å². The van der Waals surface area contributed by atoms with Gasteiger partial charge in [-0.3, -0.25) is 10.2 Å². The molecule has 2 atom stereocenters. The van der Waals surface area contributed by atoms with Crippen molar-refractivity contribution in [2.24, 2.45) is 5.10 Å². The van der Waals surface area contributed by atoms with E-state index in [4.69, 9.17) is 25.8 Å². The molecule has 0 bridgehead atoms. The Bertz CT molecular complexity index is 1040. The highest BCUT2D eigenvalue weighted by Crippen LogP contribution is 2.32. The van der Waals surface area contributed by atoms with Crippen LogP contribution in [0.3, 0.4) is 0 Å². The number of amides is 1. The van der Waals surface area contributed by atoms with Crippen molar-refractivity contribution in [1.82, 2.24) is 9.88 Å². The van der Waals surface area contributed by atoms with E-state index in [-0.39, 0.29) is 35.6 Å². The van der Waals surface area contributed by atoms with E-state index in [9.17, 15) is 18.0 Å². The summed E-state index contributed by atoms with van der Waals surface area (Å²) in [6.45, 7) is 4.68. The van der Waals surface area contributed by atoms with Crippen molar-refractivity contribution in [3.05, 3.63) is 46.6 Å². The second-order valence-corrected chi connectivity index (χ2v) is 8.08.